The van der Waals surface area contributed by atoms with Gasteiger partial charge in [0, 0.05) is 15.8 Å². The molecule has 6 heteroatoms. The molecule has 8 aromatic carbocycles. The normalized spacial score (nSPS) is 12.2. The molecule has 0 fully saturated rings. The summed E-state index contributed by atoms with van der Waals surface area (Å²) >= 11 is -0.384. The molecular weight excluding hydrogens is 1050 g/mol. The summed E-state index contributed by atoms with van der Waals surface area (Å²) in [6.45, 7) is 13.1. The van der Waals surface area contributed by atoms with E-state index < -0.39 is 19.2 Å². The first-order valence-electron chi connectivity index (χ1n) is 22.8. The van der Waals surface area contributed by atoms with Gasteiger partial charge in [-0.25, -0.2) is 4.39 Å². The summed E-state index contributed by atoms with van der Waals surface area (Å²) in [6, 6.07) is 59.9. The van der Waals surface area contributed by atoms with Gasteiger partial charge in [-0.3, -0.25) is 4.98 Å². The van der Waals surface area contributed by atoms with Gasteiger partial charge in [-0.05, 0) is 79.9 Å². The third kappa shape index (κ3) is 9.06. The number of thiophene rings is 1. The quantitative estimate of drug-likeness (QED) is 0.110. The molecule has 10 aromatic rings. The van der Waals surface area contributed by atoms with E-state index >= 15 is 0 Å². The van der Waals surface area contributed by atoms with Crippen molar-refractivity contribution in [2.45, 2.75) is 76.5 Å². The van der Waals surface area contributed by atoms with Crippen molar-refractivity contribution in [2.24, 2.45) is 0 Å². The van der Waals surface area contributed by atoms with Crippen LogP contribution in [0.15, 0.2) is 146 Å². The molecule has 326 valence electrons. The summed E-state index contributed by atoms with van der Waals surface area (Å²) in [5, 5.41) is 4.49. The molecule has 10 rings (SSSR count). The van der Waals surface area contributed by atoms with Gasteiger partial charge in [0.05, 0.1) is 16.9 Å². The van der Waals surface area contributed by atoms with Crippen molar-refractivity contribution in [3.8, 4) is 39.3 Å². The molecule has 0 saturated heterocycles. The zero-order chi connectivity index (χ0) is 45.8. The Balaban J connectivity index is 0.000000238. The molecule has 0 bridgehead atoms. The largest absolute Gasteiger partial charge is 3.00 e. The summed E-state index contributed by atoms with van der Waals surface area (Å²) in [4.78, 5) is 5.39. The topological polar surface area (TPSA) is 17.8 Å². The van der Waals surface area contributed by atoms with E-state index in [1.165, 1.54) is 37.7 Å². The average molecular weight is 1110 g/mol. The first kappa shape index (κ1) is 45.0. The van der Waals surface area contributed by atoms with Crippen LogP contribution in [0.1, 0.15) is 77.3 Å². The van der Waals surface area contributed by atoms with Crippen LogP contribution in [0.2, 0.25) is 17.3 Å². The van der Waals surface area contributed by atoms with E-state index in [1.807, 2.05) is 50.2 Å². The van der Waals surface area contributed by atoms with Crippen molar-refractivity contribution in [1.29, 1.82) is 0 Å². The summed E-state index contributed by atoms with van der Waals surface area (Å²) in [5.74, 6) is 7.68. The van der Waals surface area contributed by atoms with Crippen LogP contribution < -0.4 is 4.40 Å². The number of halogens is 1. The molecule has 2 aromatic heterocycles. The minimum absolute atomic E-state index is 0. The monoisotopic (exact) mass is 1110 g/mol. The van der Waals surface area contributed by atoms with Crippen LogP contribution in [0.4, 0.5) is 4.39 Å². The van der Waals surface area contributed by atoms with E-state index in [2.05, 4.69) is 165 Å². The van der Waals surface area contributed by atoms with Crippen LogP contribution in [0.3, 0.4) is 0 Å². The van der Waals surface area contributed by atoms with Gasteiger partial charge in [-0.1, -0.05) is 105 Å². The summed E-state index contributed by atoms with van der Waals surface area (Å²) in [7, 11) is 0. The third-order valence-electron chi connectivity index (χ3n) is 12.2. The van der Waals surface area contributed by atoms with Crippen LogP contribution in [-0.2, 0) is 20.1 Å². The maximum atomic E-state index is 14.3. The van der Waals surface area contributed by atoms with Crippen molar-refractivity contribution in [3.63, 3.8) is 0 Å². The molecule has 0 N–H and O–H groups in total. The van der Waals surface area contributed by atoms with E-state index in [0.717, 1.165) is 64.7 Å². The van der Waals surface area contributed by atoms with Crippen LogP contribution in [0.25, 0.3) is 81.3 Å². The molecule has 2 nitrogen and oxygen atoms in total. The van der Waals surface area contributed by atoms with Crippen LogP contribution in [0, 0.1) is 24.0 Å². The van der Waals surface area contributed by atoms with Gasteiger partial charge < -0.3 is 4.57 Å². The fourth-order valence-corrected chi connectivity index (χ4v) is 13.6. The minimum atomic E-state index is -1.99. The van der Waals surface area contributed by atoms with Gasteiger partial charge in [0.15, 0.2) is 0 Å². The van der Waals surface area contributed by atoms with Crippen molar-refractivity contribution in [2.75, 3.05) is 0 Å². The Kier molecular flexibility index (Phi) is 13.1. The van der Waals surface area contributed by atoms with Gasteiger partial charge in [-0.2, -0.15) is 11.3 Å². The smallest absolute Gasteiger partial charge is 3.00 e. The Morgan fingerprint density at radius 3 is 2.03 bits per heavy atom. The maximum absolute atomic E-state index is 14.3. The minimum Gasteiger partial charge on any atom is 3.00 e. The Hall–Kier alpha value is -5.17. The van der Waals surface area contributed by atoms with Gasteiger partial charge in [0.25, 0.3) is 0 Å². The zero-order valence-corrected chi connectivity index (χ0v) is 43.8. The molecule has 0 saturated carbocycles. The molecule has 0 aliphatic rings. The first-order chi connectivity index (χ1) is 31.1. The molecule has 0 amide bonds. The molecule has 2 heterocycles. The molecule has 0 aliphatic heterocycles. The van der Waals surface area contributed by atoms with E-state index in [9.17, 15) is 4.39 Å². The van der Waals surface area contributed by atoms with Crippen molar-refractivity contribution < 1.29 is 25.9 Å². The number of rotatable bonds is 8. The third-order valence-corrected chi connectivity index (χ3v) is 17.6. The molecular formula is C59H54FGeIrN2S. The second kappa shape index (κ2) is 19.0. The van der Waals surface area contributed by atoms with Gasteiger partial charge in [0.2, 0.25) is 0 Å². The summed E-state index contributed by atoms with van der Waals surface area (Å²) < 4.78 is 28.6. The van der Waals surface area contributed by atoms with Crippen LogP contribution in [0.5, 0.6) is 0 Å². The van der Waals surface area contributed by atoms with Gasteiger partial charge in [0.1, 0.15) is 5.82 Å². The number of benzene rings is 8. The molecule has 0 radical (unpaired) electrons. The van der Waals surface area contributed by atoms with E-state index in [1.54, 1.807) is 23.5 Å². The maximum Gasteiger partial charge on any atom is 3.00 e. The van der Waals surface area contributed by atoms with Crippen LogP contribution in [-0.4, -0.2) is 22.8 Å². The Morgan fingerprint density at radius 2 is 1.35 bits per heavy atom. The van der Waals surface area contributed by atoms with Gasteiger partial charge >= 0.3 is 141 Å². The number of imidazole rings is 1. The predicted octanol–water partition coefficient (Wildman–Crippen LogP) is 16.7. The number of nitrogens with zero attached hydrogens (tertiary/aromatic N) is 2. The Labute approximate surface area is 405 Å². The number of aromatic nitrogens is 2. The fraction of sp³-hybridized carbons (Fsp3) is 0.203. The molecule has 0 aliphatic carbocycles. The van der Waals surface area contributed by atoms with Crippen molar-refractivity contribution in [1.82, 2.24) is 9.55 Å². The number of fused-ring (bicyclic) bond motifs is 6. The zero-order valence-electron chi connectivity index (χ0n) is 39.5. The summed E-state index contributed by atoms with van der Waals surface area (Å²) in [5.41, 5.74) is 12.4. The van der Waals surface area contributed by atoms with Crippen molar-refractivity contribution >= 4 is 71.0 Å². The number of hydrogen-bond acceptors (Lipinski definition) is 2. The second-order valence-corrected chi connectivity index (χ2v) is 30.3. The molecule has 0 spiro atoms. The SMILES string of the molecule is CC(C)c1cc(-c2ccccc2)cc(C(C)C)c1-n1c(-c2[c-]ccc3c2sc2cc(F)ccc23)nc2ccc3ccccc3c21.[2H]C(C)(C)c1cc(-c2[c-]cccc2)[c-]c[c]1[Ge]([CH3])([CH3])[CH3].[Ir+3]. The number of hydrogen-bond donors (Lipinski definition) is 0. The summed E-state index contributed by atoms with van der Waals surface area (Å²) in [6.07, 6.45) is 0. The first-order valence-corrected chi connectivity index (χ1v) is 30.4. The Morgan fingerprint density at radius 1 is 0.646 bits per heavy atom. The van der Waals surface area contributed by atoms with E-state index in [0.29, 0.717) is 0 Å². The van der Waals surface area contributed by atoms with E-state index in [-0.39, 0.29) is 37.8 Å². The second-order valence-electron chi connectivity index (χ2n) is 18.6. The molecule has 0 unspecified atom stereocenters. The molecule has 0 atom stereocenters. The van der Waals surface area contributed by atoms with Gasteiger partial charge in [-0.15, -0.1) is 18.2 Å². The van der Waals surface area contributed by atoms with Crippen molar-refractivity contribution in [3.05, 3.63) is 186 Å². The van der Waals surface area contributed by atoms with E-state index in [4.69, 9.17) is 6.35 Å². The average Bonchev–Trinajstić information content (AvgIpc) is 3.87. The fourth-order valence-electron chi connectivity index (χ4n) is 8.96. The Bertz CT molecular complexity index is 3330. The molecule has 65 heavy (non-hydrogen) atoms. The standard InChI is InChI=1S/C41H32FN2S.C18H22Ge.Ir/c1-24(2)34-21-28(26-11-6-5-7-12-26)22-35(25(3)4)38(34)44-39-30-14-9-8-13-27(30)17-20-36(39)43-41(44)33-16-10-15-32-31-19-18-29(42)23-37(31)45-40(32)33;1-14(2)17-13-16(15-9-7-6-8-10-15)11-12-18(17)19(3,4)5;/h5-15,17-25H,1-4H3;6-9,12-14H,1-5H3;/q-1;-2;+3/i;14D;. The van der Waals surface area contributed by atoms with Crippen LogP contribution >= 0.6 is 11.3 Å². The predicted molar refractivity (Wildman–Crippen MR) is 276 cm³/mol.